The monoisotopic (exact) mass is 313 g/mol. The summed E-state index contributed by atoms with van der Waals surface area (Å²) in [5, 5.41) is 8.22. The Kier molecular flexibility index (Phi) is 4.84. The average molecular weight is 314 g/mol. The van der Waals surface area contributed by atoms with Gasteiger partial charge in [0.05, 0.1) is 15.9 Å². The fourth-order valence-corrected chi connectivity index (χ4v) is 3.88. The van der Waals surface area contributed by atoms with Gasteiger partial charge in [-0.15, -0.1) is 0 Å². The Hall–Kier alpha value is -0.350. The summed E-state index contributed by atoms with van der Waals surface area (Å²) in [5.74, 6) is 0.765. The lowest BCUT2D eigenvalue weighted by molar-refractivity contribution is 0.398. The maximum absolute atomic E-state index is 4.59. The molecule has 1 saturated carbocycles. The largest absolute Gasteiger partial charge is 0.314 e. The summed E-state index contributed by atoms with van der Waals surface area (Å²) in [6.07, 6.45) is 6.17. The molecular formula is C14H24BrN3. The molecule has 3 nitrogen and oxygen atoms in total. The quantitative estimate of drug-likeness (QED) is 0.905. The molecule has 0 aliphatic heterocycles. The Morgan fingerprint density at radius 2 is 2.17 bits per heavy atom. The average Bonchev–Trinajstić information content (AvgIpc) is 2.89. The Bertz CT molecular complexity index is 400. The molecule has 1 aliphatic carbocycles. The van der Waals surface area contributed by atoms with E-state index in [1.165, 1.54) is 35.1 Å². The van der Waals surface area contributed by atoms with Crippen molar-refractivity contribution in [3.05, 3.63) is 15.9 Å². The van der Waals surface area contributed by atoms with Crippen LogP contribution in [0.15, 0.2) is 4.47 Å². The van der Waals surface area contributed by atoms with Crippen LogP contribution in [0, 0.1) is 5.92 Å². The second-order valence-electron chi connectivity index (χ2n) is 5.24. The van der Waals surface area contributed by atoms with E-state index in [1.54, 1.807) is 0 Å². The Morgan fingerprint density at radius 3 is 2.78 bits per heavy atom. The van der Waals surface area contributed by atoms with Gasteiger partial charge in [0.1, 0.15) is 0 Å². The third-order valence-corrected chi connectivity index (χ3v) is 5.00. The fraction of sp³-hybridized carbons (Fsp3) is 0.786. The number of nitrogens with one attached hydrogen (secondary N) is 1. The number of halogens is 1. The van der Waals surface area contributed by atoms with E-state index in [0.717, 1.165) is 25.3 Å². The Balaban J connectivity index is 2.11. The lowest BCUT2D eigenvalue weighted by Gasteiger charge is -2.20. The maximum atomic E-state index is 4.59. The van der Waals surface area contributed by atoms with E-state index in [2.05, 4.69) is 51.9 Å². The third kappa shape index (κ3) is 2.80. The molecule has 0 bridgehead atoms. The van der Waals surface area contributed by atoms with Gasteiger partial charge in [-0.3, -0.25) is 4.68 Å². The molecule has 0 amide bonds. The minimum absolute atomic E-state index is 0.696. The van der Waals surface area contributed by atoms with Crippen LogP contribution in [0.25, 0.3) is 0 Å². The number of aromatic nitrogens is 2. The first kappa shape index (κ1) is 14.1. The topological polar surface area (TPSA) is 29.9 Å². The van der Waals surface area contributed by atoms with Gasteiger partial charge in [-0.1, -0.05) is 20.3 Å². The highest BCUT2D eigenvalue weighted by Gasteiger charge is 2.28. The van der Waals surface area contributed by atoms with Crippen molar-refractivity contribution in [1.29, 1.82) is 0 Å². The molecule has 2 rings (SSSR count). The van der Waals surface area contributed by atoms with Crippen LogP contribution < -0.4 is 5.32 Å². The van der Waals surface area contributed by atoms with Crippen LogP contribution in [-0.2, 0) is 19.9 Å². The van der Waals surface area contributed by atoms with Crippen LogP contribution in [-0.4, -0.2) is 22.4 Å². The number of aryl methyl sites for hydroxylation is 2. The highest BCUT2D eigenvalue weighted by Crippen LogP contribution is 2.32. The molecule has 0 saturated heterocycles. The van der Waals surface area contributed by atoms with Gasteiger partial charge < -0.3 is 5.32 Å². The standard InChI is InChI=1S/C14H24BrN3/c1-4-11-14(15)13(18(3)17-11)9-10-7-6-8-12(10)16-5-2/h10,12,16H,4-9H2,1-3H3. The van der Waals surface area contributed by atoms with Crippen LogP contribution in [0.3, 0.4) is 0 Å². The van der Waals surface area contributed by atoms with E-state index in [0.29, 0.717) is 6.04 Å². The van der Waals surface area contributed by atoms with Crippen molar-refractivity contribution in [2.45, 2.75) is 52.0 Å². The molecule has 2 unspecified atom stereocenters. The highest BCUT2D eigenvalue weighted by molar-refractivity contribution is 9.10. The summed E-state index contributed by atoms with van der Waals surface area (Å²) in [5.41, 5.74) is 2.55. The van der Waals surface area contributed by atoms with Crippen LogP contribution in [0.2, 0.25) is 0 Å². The van der Waals surface area contributed by atoms with Gasteiger partial charge in [0.25, 0.3) is 0 Å². The molecule has 102 valence electrons. The van der Waals surface area contributed by atoms with Gasteiger partial charge in [0, 0.05) is 13.1 Å². The molecule has 1 aromatic heterocycles. The summed E-state index contributed by atoms with van der Waals surface area (Å²) in [6.45, 7) is 5.44. The lowest BCUT2D eigenvalue weighted by atomic mass is 9.97. The second-order valence-corrected chi connectivity index (χ2v) is 6.04. The molecule has 0 radical (unpaired) electrons. The van der Waals surface area contributed by atoms with Gasteiger partial charge in [0.2, 0.25) is 0 Å². The third-order valence-electron chi connectivity index (χ3n) is 4.08. The lowest BCUT2D eigenvalue weighted by Crippen LogP contribution is -2.33. The fourth-order valence-electron chi connectivity index (χ4n) is 3.10. The Morgan fingerprint density at radius 1 is 1.39 bits per heavy atom. The van der Waals surface area contributed by atoms with Crippen molar-refractivity contribution in [1.82, 2.24) is 15.1 Å². The summed E-state index contributed by atoms with van der Waals surface area (Å²) in [4.78, 5) is 0. The van der Waals surface area contributed by atoms with Crippen LogP contribution in [0.4, 0.5) is 0 Å². The first-order valence-corrected chi connectivity index (χ1v) is 7.90. The van der Waals surface area contributed by atoms with Gasteiger partial charge in [0.15, 0.2) is 0 Å². The normalized spacial score (nSPS) is 23.8. The smallest absolute Gasteiger partial charge is 0.0766 e. The predicted octanol–water partition coefficient (Wildman–Crippen LogP) is 3.07. The Labute approximate surface area is 118 Å². The van der Waals surface area contributed by atoms with Crippen molar-refractivity contribution in [2.75, 3.05) is 6.54 Å². The molecular weight excluding hydrogens is 290 g/mol. The van der Waals surface area contributed by atoms with E-state index >= 15 is 0 Å². The maximum Gasteiger partial charge on any atom is 0.0766 e. The molecule has 1 aromatic rings. The number of nitrogens with zero attached hydrogens (tertiary/aromatic N) is 2. The van der Waals surface area contributed by atoms with Crippen molar-refractivity contribution >= 4 is 15.9 Å². The van der Waals surface area contributed by atoms with Crippen molar-refractivity contribution < 1.29 is 0 Å². The van der Waals surface area contributed by atoms with E-state index in [4.69, 9.17) is 0 Å². The van der Waals surface area contributed by atoms with Crippen LogP contribution in [0.5, 0.6) is 0 Å². The predicted molar refractivity (Wildman–Crippen MR) is 78.8 cm³/mol. The number of hydrogen-bond acceptors (Lipinski definition) is 2. The van der Waals surface area contributed by atoms with Gasteiger partial charge in [-0.25, -0.2) is 0 Å². The van der Waals surface area contributed by atoms with Gasteiger partial charge >= 0.3 is 0 Å². The SMILES string of the molecule is CCNC1CCCC1Cc1c(Br)c(CC)nn1C. The van der Waals surface area contributed by atoms with E-state index in [1.807, 2.05) is 0 Å². The second kappa shape index (κ2) is 6.20. The first-order chi connectivity index (χ1) is 8.67. The molecule has 2 atom stereocenters. The van der Waals surface area contributed by atoms with Crippen LogP contribution in [0.1, 0.15) is 44.5 Å². The molecule has 1 heterocycles. The van der Waals surface area contributed by atoms with E-state index < -0.39 is 0 Å². The van der Waals surface area contributed by atoms with Crippen LogP contribution >= 0.6 is 15.9 Å². The van der Waals surface area contributed by atoms with Crippen molar-refractivity contribution in [3.63, 3.8) is 0 Å². The van der Waals surface area contributed by atoms with Crippen molar-refractivity contribution in [2.24, 2.45) is 13.0 Å². The molecule has 1 N–H and O–H groups in total. The van der Waals surface area contributed by atoms with E-state index in [9.17, 15) is 0 Å². The molecule has 18 heavy (non-hydrogen) atoms. The summed E-state index contributed by atoms with van der Waals surface area (Å²) < 4.78 is 3.29. The van der Waals surface area contributed by atoms with Gasteiger partial charge in [-0.2, -0.15) is 5.10 Å². The first-order valence-electron chi connectivity index (χ1n) is 7.11. The minimum Gasteiger partial charge on any atom is -0.314 e. The number of rotatable bonds is 5. The zero-order valence-corrected chi connectivity index (χ0v) is 13.3. The molecule has 0 spiro atoms. The highest BCUT2D eigenvalue weighted by atomic mass is 79.9. The zero-order valence-electron chi connectivity index (χ0n) is 11.7. The zero-order chi connectivity index (χ0) is 13.1. The number of hydrogen-bond donors (Lipinski definition) is 1. The summed E-state index contributed by atoms with van der Waals surface area (Å²) in [7, 11) is 2.07. The molecule has 1 aliphatic rings. The molecule has 4 heteroatoms. The van der Waals surface area contributed by atoms with Crippen molar-refractivity contribution in [3.8, 4) is 0 Å². The van der Waals surface area contributed by atoms with Gasteiger partial charge in [-0.05, 0) is 54.1 Å². The van der Waals surface area contributed by atoms with E-state index in [-0.39, 0.29) is 0 Å². The molecule has 1 fully saturated rings. The summed E-state index contributed by atoms with van der Waals surface area (Å²) >= 11 is 3.72. The summed E-state index contributed by atoms with van der Waals surface area (Å²) in [6, 6.07) is 0.696. The molecule has 0 aromatic carbocycles. The minimum atomic E-state index is 0.696.